The van der Waals surface area contributed by atoms with Crippen molar-refractivity contribution in [2.75, 3.05) is 13.2 Å². The molecule has 0 saturated heterocycles. The van der Waals surface area contributed by atoms with Gasteiger partial charge in [0.2, 0.25) is 0 Å². The predicted molar refractivity (Wildman–Crippen MR) is 87.2 cm³/mol. The van der Waals surface area contributed by atoms with Crippen LogP contribution in [-0.4, -0.2) is 47.4 Å². The zero-order chi connectivity index (χ0) is 18.4. The maximum absolute atomic E-state index is 12.0. The Morgan fingerprint density at radius 2 is 1.64 bits per heavy atom. The standard InChI is InChI=1S/C18H23NO6/c1-12(20)2-7-15(21)11-25-18(24)14-5-3-13(4-6-14)10-19-16(22)8-9-17(19)23/h8-9,13-14H,2-7,10-11H2,1H3. The molecule has 25 heavy (non-hydrogen) atoms. The summed E-state index contributed by atoms with van der Waals surface area (Å²) in [6, 6.07) is 0. The molecule has 2 aliphatic rings. The molecule has 0 N–H and O–H groups in total. The van der Waals surface area contributed by atoms with Crippen molar-refractivity contribution in [3.63, 3.8) is 0 Å². The smallest absolute Gasteiger partial charge is 0.309 e. The molecule has 2 amide bonds. The summed E-state index contributed by atoms with van der Waals surface area (Å²) in [4.78, 5) is 58.7. The van der Waals surface area contributed by atoms with Gasteiger partial charge in [0.05, 0.1) is 5.92 Å². The number of nitrogens with zero attached hydrogens (tertiary/aromatic N) is 1. The minimum Gasteiger partial charge on any atom is -0.457 e. The number of esters is 1. The Hall–Kier alpha value is -2.31. The molecule has 2 rings (SSSR count). The Bertz CT molecular complexity index is 583. The maximum atomic E-state index is 12.0. The van der Waals surface area contributed by atoms with E-state index in [9.17, 15) is 24.0 Å². The van der Waals surface area contributed by atoms with Crippen molar-refractivity contribution in [2.45, 2.75) is 45.4 Å². The van der Waals surface area contributed by atoms with Crippen molar-refractivity contribution in [2.24, 2.45) is 11.8 Å². The van der Waals surface area contributed by atoms with Gasteiger partial charge in [-0.05, 0) is 38.5 Å². The van der Waals surface area contributed by atoms with E-state index in [1.165, 1.54) is 24.0 Å². The lowest BCUT2D eigenvalue weighted by molar-refractivity contribution is -0.153. The van der Waals surface area contributed by atoms with E-state index in [-0.39, 0.29) is 60.6 Å². The SMILES string of the molecule is CC(=O)CCC(=O)COC(=O)C1CCC(CN2C(=O)C=CC2=O)CC1. The summed E-state index contributed by atoms with van der Waals surface area (Å²) in [6.45, 7) is 1.52. The normalized spacial score (nSPS) is 23.0. The van der Waals surface area contributed by atoms with Gasteiger partial charge in [0.15, 0.2) is 5.78 Å². The first-order valence-corrected chi connectivity index (χ1v) is 8.58. The summed E-state index contributed by atoms with van der Waals surface area (Å²) >= 11 is 0. The van der Waals surface area contributed by atoms with Crippen molar-refractivity contribution in [1.29, 1.82) is 0 Å². The number of hydrogen-bond donors (Lipinski definition) is 0. The van der Waals surface area contributed by atoms with Gasteiger partial charge < -0.3 is 9.53 Å². The number of carbonyl (C=O) groups is 5. The van der Waals surface area contributed by atoms with E-state index in [4.69, 9.17) is 4.74 Å². The van der Waals surface area contributed by atoms with Gasteiger partial charge in [0.25, 0.3) is 11.8 Å². The van der Waals surface area contributed by atoms with Crippen LogP contribution in [0.1, 0.15) is 45.4 Å². The fraction of sp³-hybridized carbons (Fsp3) is 0.611. The molecule has 1 aliphatic heterocycles. The molecule has 0 bridgehead atoms. The first-order valence-electron chi connectivity index (χ1n) is 8.58. The number of carbonyl (C=O) groups excluding carboxylic acids is 5. The van der Waals surface area contributed by atoms with E-state index < -0.39 is 0 Å². The van der Waals surface area contributed by atoms with Crippen LogP contribution in [0.25, 0.3) is 0 Å². The number of imide groups is 1. The van der Waals surface area contributed by atoms with Crippen LogP contribution in [0.2, 0.25) is 0 Å². The van der Waals surface area contributed by atoms with Crippen molar-refractivity contribution < 1.29 is 28.7 Å². The molecular weight excluding hydrogens is 326 g/mol. The number of amides is 2. The average Bonchev–Trinajstić information content (AvgIpc) is 2.90. The third-order valence-corrected chi connectivity index (χ3v) is 4.65. The Morgan fingerprint density at radius 1 is 1.04 bits per heavy atom. The van der Waals surface area contributed by atoms with Crippen molar-refractivity contribution in [3.8, 4) is 0 Å². The van der Waals surface area contributed by atoms with Crippen molar-refractivity contribution in [1.82, 2.24) is 4.90 Å². The Labute approximate surface area is 146 Å². The Kier molecular flexibility index (Phi) is 6.61. The molecule has 7 heteroatoms. The second-order valence-electron chi connectivity index (χ2n) is 6.69. The average molecular weight is 349 g/mol. The summed E-state index contributed by atoms with van der Waals surface area (Å²) in [6.07, 6.45) is 5.52. The van der Waals surface area contributed by atoms with E-state index in [1.807, 2.05) is 0 Å². The highest BCUT2D eigenvalue weighted by Crippen LogP contribution is 2.30. The monoisotopic (exact) mass is 349 g/mol. The predicted octanol–water partition coefficient (Wildman–Crippen LogP) is 1.20. The molecule has 0 aromatic heterocycles. The quantitative estimate of drug-likeness (QED) is 0.482. The molecule has 136 valence electrons. The summed E-state index contributed by atoms with van der Waals surface area (Å²) in [5.41, 5.74) is 0. The number of hydrogen-bond acceptors (Lipinski definition) is 6. The van der Waals surface area contributed by atoms with Crippen LogP contribution in [0.4, 0.5) is 0 Å². The number of ether oxygens (including phenoxy) is 1. The van der Waals surface area contributed by atoms with Gasteiger partial charge in [-0.3, -0.25) is 24.1 Å². The molecule has 0 atom stereocenters. The second kappa shape index (κ2) is 8.69. The van der Waals surface area contributed by atoms with Crippen LogP contribution >= 0.6 is 0 Å². The highest BCUT2D eigenvalue weighted by Gasteiger charge is 2.31. The van der Waals surface area contributed by atoms with Gasteiger partial charge in [-0.1, -0.05) is 0 Å². The fourth-order valence-electron chi connectivity index (χ4n) is 3.11. The molecule has 1 aliphatic carbocycles. The summed E-state index contributed by atoms with van der Waals surface area (Å²) < 4.78 is 5.05. The number of rotatable bonds is 8. The minimum absolute atomic E-state index is 0.0665. The van der Waals surface area contributed by atoms with Gasteiger partial charge in [-0.25, -0.2) is 0 Å². The van der Waals surface area contributed by atoms with E-state index >= 15 is 0 Å². The Balaban J connectivity index is 1.68. The lowest BCUT2D eigenvalue weighted by Crippen LogP contribution is -2.36. The van der Waals surface area contributed by atoms with Gasteiger partial charge in [0, 0.05) is 31.5 Å². The lowest BCUT2D eigenvalue weighted by Gasteiger charge is -2.29. The fourth-order valence-corrected chi connectivity index (χ4v) is 3.11. The summed E-state index contributed by atoms with van der Waals surface area (Å²) in [5.74, 6) is -1.33. The molecule has 1 saturated carbocycles. The van der Waals surface area contributed by atoms with Gasteiger partial charge >= 0.3 is 5.97 Å². The van der Waals surface area contributed by atoms with Crippen LogP contribution in [0, 0.1) is 11.8 Å². The molecule has 0 spiro atoms. The number of ketones is 2. The van der Waals surface area contributed by atoms with E-state index in [2.05, 4.69) is 0 Å². The zero-order valence-electron chi connectivity index (χ0n) is 14.4. The highest BCUT2D eigenvalue weighted by atomic mass is 16.5. The van der Waals surface area contributed by atoms with Crippen LogP contribution in [0.15, 0.2) is 12.2 Å². The summed E-state index contributed by atoms with van der Waals surface area (Å²) in [7, 11) is 0. The van der Waals surface area contributed by atoms with Crippen LogP contribution in [0.5, 0.6) is 0 Å². The van der Waals surface area contributed by atoms with Gasteiger partial charge in [-0.2, -0.15) is 0 Å². The third-order valence-electron chi connectivity index (χ3n) is 4.65. The van der Waals surface area contributed by atoms with Gasteiger partial charge in [0.1, 0.15) is 12.4 Å². The number of Topliss-reactive ketones (excluding diaryl/α,β-unsaturated/α-hetero) is 2. The molecule has 1 fully saturated rings. The first-order chi connectivity index (χ1) is 11.9. The molecule has 1 heterocycles. The topological polar surface area (TPSA) is 97.8 Å². The minimum atomic E-state index is -0.385. The Morgan fingerprint density at radius 3 is 2.20 bits per heavy atom. The molecule has 0 aromatic carbocycles. The van der Waals surface area contributed by atoms with Crippen LogP contribution in [-0.2, 0) is 28.7 Å². The highest BCUT2D eigenvalue weighted by molar-refractivity contribution is 6.12. The first kappa shape index (κ1) is 19.0. The molecular formula is C18H23NO6. The molecule has 7 nitrogen and oxygen atoms in total. The molecule has 0 radical (unpaired) electrons. The van der Waals surface area contributed by atoms with E-state index in [0.717, 1.165) is 12.8 Å². The molecule has 0 unspecified atom stereocenters. The van der Waals surface area contributed by atoms with E-state index in [0.29, 0.717) is 19.4 Å². The second-order valence-corrected chi connectivity index (χ2v) is 6.69. The van der Waals surface area contributed by atoms with Crippen LogP contribution in [0.3, 0.4) is 0 Å². The summed E-state index contributed by atoms with van der Waals surface area (Å²) in [5, 5.41) is 0. The lowest BCUT2D eigenvalue weighted by atomic mass is 9.82. The largest absolute Gasteiger partial charge is 0.457 e. The maximum Gasteiger partial charge on any atom is 0.309 e. The van der Waals surface area contributed by atoms with Crippen molar-refractivity contribution in [3.05, 3.63) is 12.2 Å². The van der Waals surface area contributed by atoms with Gasteiger partial charge in [-0.15, -0.1) is 0 Å². The van der Waals surface area contributed by atoms with Crippen molar-refractivity contribution >= 4 is 29.4 Å². The molecule has 0 aromatic rings. The van der Waals surface area contributed by atoms with Crippen LogP contribution < -0.4 is 0 Å². The zero-order valence-corrected chi connectivity index (χ0v) is 14.4. The van der Waals surface area contributed by atoms with E-state index in [1.54, 1.807) is 0 Å². The third kappa shape index (κ3) is 5.62.